The fraction of sp³-hybridized carbons (Fsp3) is 0. The van der Waals surface area contributed by atoms with Gasteiger partial charge in [-0.2, -0.15) is 0 Å². The molecule has 0 atom stereocenters. The minimum atomic E-state index is 0. The van der Waals surface area contributed by atoms with Gasteiger partial charge in [-0.3, -0.25) is 0 Å². The molecule has 0 aliphatic carbocycles. The summed E-state index contributed by atoms with van der Waals surface area (Å²) in [7, 11) is 0. The zero-order chi connectivity index (χ0) is 5.82. The molecule has 0 amide bonds. The highest BCUT2D eigenvalue weighted by Crippen LogP contribution is 2.07. The van der Waals surface area contributed by atoms with Crippen molar-refractivity contribution in [3.05, 3.63) is 35.2 Å². The first kappa shape index (κ1) is 7.75. The molecule has 1 aromatic rings. The molecule has 0 unspecified atom stereocenters. The van der Waals surface area contributed by atoms with Crippen molar-refractivity contribution < 1.29 is 4.70 Å². The van der Waals surface area contributed by atoms with E-state index < -0.39 is 0 Å². The summed E-state index contributed by atoms with van der Waals surface area (Å²) in [5, 5.41) is 2.72. The van der Waals surface area contributed by atoms with Crippen LogP contribution in [0.3, 0.4) is 0 Å². The van der Waals surface area contributed by atoms with Gasteiger partial charge < -0.3 is 4.70 Å². The standard InChI is InChI=1S/C6H5NO.FH/c8-7-6-4-2-1-3-5-6;/h1-5H;1H/p-1. The Balaban J connectivity index is 0.000000640. The lowest BCUT2D eigenvalue weighted by molar-refractivity contribution is -0.00000167. The van der Waals surface area contributed by atoms with E-state index in [1.165, 1.54) is 0 Å². The maximum Gasteiger partial charge on any atom is 0.107 e. The van der Waals surface area contributed by atoms with Crippen LogP contribution in [0.4, 0.5) is 5.69 Å². The van der Waals surface area contributed by atoms with Crippen molar-refractivity contribution in [2.24, 2.45) is 5.18 Å². The highest BCUT2D eigenvalue weighted by Gasteiger charge is 1.81. The fourth-order valence-corrected chi connectivity index (χ4v) is 0.489. The van der Waals surface area contributed by atoms with Crippen LogP contribution in [0.15, 0.2) is 35.5 Å². The zero-order valence-electron chi connectivity index (χ0n) is 4.62. The molecule has 3 heteroatoms. The zero-order valence-corrected chi connectivity index (χ0v) is 4.62. The Morgan fingerprint density at radius 2 is 1.67 bits per heavy atom. The van der Waals surface area contributed by atoms with Gasteiger partial charge in [-0.1, -0.05) is 18.2 Å². The van der Waals surface area contributed by atoms with Crippen LogP contribution >= 0.6 is 0 Å². The molecule has 48 valence electrons. The Labute approximate surface area is 51.9 Å². The number of halogens is 1. The van der Waals surface area contributed by atoms with E-state index in [1.807, 2.05) is 6.07 Å². The van der Waals surface area contributed by atoms with E-state index >= 15 is 0 Å². The first-order chi connectivity index (χ1) is 3.93. The SMILES string of the molecule is O=Nc1ccccc1.[F-]. The Morgan fingerprint density at radius 3 is 2.00 bits per heavy atom. The summed E-state index contributed by atoms with van der Waals surface area (Å²) < 4.78 is 0. The predicted octanol–water partition coefficient (Wildman–Crippen LogP) is -0.912. The number of hydrogen-bond acceptors (Lipinski definition) is 2. The van der Waals surface area contributed by atoms with Crippen molar-refractivity contribution in [3.8, 4) is 0 Å². The van der Waals surface area contributed by atoms with E-state index in [1.54, 1.807) is 24.3 Å². The van der Waals surface area contributed by atoms with Crippen molar-refractivity contribution in [1.29, 1.82) is 0 Å². The molecular weight excluding hydrogens is 121 g/mol. The van der Waals surface area contributed by atoms with Gasteiger partial charge in [0.15, 0.2) is 0 Å². The Kier molecular flexibility index (Phi) is 3.20. The molecule has 9 heavy (non-hydrogen) atoms. The molecule has 0 saturated carbocycles. The van der Waals surface area contributed by atoms with Gasteiger partial charge in [-0.25, -0.2) is 0 Å². The van der Waals surface area contributed by atoms with Crippen molar-refractivity contribution in [2.45, 2.75) is 0 Å². The molecular formula is C6H5FNO-. The quantitative estimate of drug-likeness (QED) is 0.448. The third-order valence-electron chi connectivity index (χ3n) is 0.862. The largest absolute Gasteiger partial charge is 1.00 e. The number of nitroso groups, excluding NO2 is 1. The van der Waals surface area contributed by atoms with Gasteiger partial charge in [0.05, 0.1) is 0 Å². The van der Waals surface area contributed by atoms with Gasteiger partial charge in [-0.05, 0) is 17.3 Å². The average Bonchev–Trinajstić information content (AvgIpc) is 1.90. The maximum absolute atomic E-state index is 9.76. The van der Waals surface area contributed by atoms with Crippen LogP contribution in [0.25, 0.3) is 0 Å². The van der Waals surface area contributed by atoms with Crippen LogP contribution in [0.2, 0.25) is 0 Å². The van der Waals surface area contributed by atoms with Crippen LogP contribution < -0.4 is 4.70 Å². The molecule has 0 saturated heterocycles. The van der Waals surface area contributed by atoms with E-state index in [4.69, 9.17) is 0 Å². The molecule has 1 aromatic carbocycles. The number of rotatable bonds is 1. The molecule has 2 nitrogen and oxygen atoms in total. The fourth-order valence-electron chi connectivity index (χ4n) is 0.489. The molecule has 0 N–H and O–H groups in total. The Hall–Kier alpha value is -1.25. The van der Waals surface area contributed by atoms with E-state index in [2.05, 4.69) is 5.18 Å². The molecule has 0 aliphatic heterocycles. The summed E-state index contributed by atoms with van der Waals surface area (Å²) in [6.07, 6.45) is 0. The van der Waals surface area contributed by atoms with Crippen molar-refractivity contribution in [2.75, 3.05) is 0 Å². The summed E-state index contributed by atoms with van der Waals surface area (Å²) >= 11 is 0. The number of nitrogens with zero attached hydrogens (tertiary/aromatic N) is 1. The molecule has 0 spiro atoms. The lowest BCUT2D eigenvalue weighted by Crippen LogP contribution is -3.00. The van der Waals surface area contributed by atoms with Gasteiger partial charge in [0, 0.05) is 0 Å². The van der Waals surface area contributed by atoms with Gasteiger partial charge in [0.1, 0.15) is 5.69 Å². The Bertz CT molecular complexity index is 176. The third kappa shape index (κ3) is 1.99. The molecule has 0 heterocycles. The van der Waals surface area contributed by atoms with E-state index in [9.17, 15) is 4.91 Å². The summed E-state index contributed by atoms with van der Waals surface area (Å²) in [6, 6.07) is 8.71. The van der Waals surface area contributed by atoms with Crippen LogP contribution in [0.5, 0.6) is 0 Å². The molecule has 0 aromatic heterocycles. The second kappa shape index (κ2) is 3.72. The van der Waals surface area contributed by atoms with Crippen LogP contribution in [0.1, 0.15) is 0 Å². The monoisotopic (exact) mass is 126 g/mol. The molecule has 1 rings (SSSR count). The second-order valence-electron chi connectivity index (χ2n) is 1.43. The Morgan fingerprint density at radius 1 is 1.11 bits per heavy atom. The van der Waals surface area contributed by atoms with Crippen molar-refractivity contribution in [1.82, 2.24) is 0 Å². The van der Waals surface area contributed by atoms with Gasteiger partial charge >= 0.3 is 0 Å². The van der Waals surface area contributed by atoms with Crippen LogP contribution in [0, 0.1) is 4.91 Å². The van der Waals surface area contributed by atoms with Crippen molar-refractivity contribution >= 4 is 5.69 Å². The van der Waals surface area contributed by atoms with Gasteiger partial charge in [0.25, 0.3) is 0 Å². The lowest BCUT2D eigenvalue weighted by atomic mass is 10.3. The molecule has 0 radical (unpaired) electrons. The summed E-state index contributed by atoms with van der Waals surface area (Å²) in [5.41, 5.74) is 0.479. The number of benzene rings is 1. The minimum Gasteiger partial charge on any atom is -1.00 e. The maximum atomic E-state index is 9.76. The van der Waals surface area contributed by atoms with Gasteiger partial charge in [-0.15, -0.1) is 4.91 Å². The van der Waals surface area contributed by atoms with Crippen molar-refractivity contribution in [3.63, 3.8) is 0 Å². The van der Waals surface area contributed by atoms with E-state index in [0.29, 0.717) is 5.69 Å². The average molecular weight is 126 g/mol. The lowest BCUT2D eigenvalue weighted by Gasteiger charge is -1.80. The molecule has 0 aliphatic rings. The van der Waals surface area contributed by atoms with Crippen LogP contribution in [-0.2, 0) is 0 Å². The summed E-state index contributed by atoms with van der Waals surface area (Å²) in [5.74, 6) is 0. The topological polar surface area (TPSA) is 29.4 Å². The normalized spacial score (nSPS) is 7.56. The predicted molar refractivity (Wildman–Crippen MR) is 31.9 cm³/mol. The third-order valence-corrected chi connectivity index (χ3v) is 0.862. The van der Waals surface area contributed by atoms with E-state index in [0.717, 1.165) is 0 Å². The summed E-state index contributed by atoms with van der Waals surface area (Å²) in [6.45, 7) is 0. The minimum absolute atomic E-state index is 0. The first-order valence-corrected chi connectivity index (χ1v) is 2.32. The van der Waals surface area contributed by atoms with Gasteiger partial charge in [0.2, 0.25) is 0 Å². The number of hydrogen-bond donors (Lipinski definition) is 0. The highest BCUT2D eigenvalue weighted by molar-refractivity contribution is 5.34. The summed E-state index contributed by atoms with van der Waals surface area (Å²) in [4.78, 5) is 9.76. The van der Waals surface area contributed by atoms with E-state index in [-0.39, 0.29) is 4.70 Å². The first-order valence-electron chi connectivity index (χ1n) is 2.32. The molecule has 0 fully saturated rings. The molecule has 0 bridgehead atoms. The second-order valence-corrected chi connectivity index (χ2v) is 1.43. The highest BCUT2D eigenvalue weighted by atomic mass is 19.0. The van der Waals surface area contributed by atoms with Crippen LogP contribution in [-0.4, -0.2) is 0 Å². The smallest absolute Gasteiger partial charge is 0.107 e.